The number of carbonyl (C=O) groups is 3. The van der Waals surface area contributed by atoms with Gasteiger partial charge in [0.1, 0.15) is 0 Å². The molecular weight excluding hydrogens is 388 g/mol. The quantitative estimate of drug-likeness (QED) is 0.763. The monoisotopic (exact) mass is 408 g/mol. The number of carbonyl (C=O) groups excluding carboxylic acids is 3. The summed E-state index contributed by atoms with van der Waals surface area (Å²) in [5.41, 5.74) is 2.39. The predicted molar refractivity (Wildman–Crippen MR) is 111 cm³/mol. The molecule has 0 spiro atoms. The number of halogens is 1. The van der Waals surface area contributed by atoms with Crippen LogP contribution in [0.15, 0.2) is 42.5 Å². The molecule has 0 unspecified atom stereocenters. The van der Waals surface area contributed by atoms with Crippen LogP contribution >= 0.6 is 11.6 Å². The number of imide groups is 1. The molecule has 29 heavy (non-hydrogen) atoms. The molecule has 2 aromatic carbocycles. The van der Waals surface area contributed by atoms with E-state index in [0.717, 1.165) is 24.8 Å². The summed E-state index contributed by atoms with van der Waals surface area (Å²) in [5.74, 6) is -0.185. The molecule has 1 saturated heterocycles. The van der Waals surface area contributed by atoms with E-state index in [9.17, 15) is 14.4 Å². The van der Waals surface area contributed by atoms with E-state index in [-0.39, 0.29) is 29.6 Å². The minimum atomic E-state index is -0.309. The van der Waals surface area contributed by atoms with Crippen LogP contribution in [-0.2, 0) is 9.59 Å². The molecule has 2 saturated carbocycles. The van der Waals surface area contributed by atoms with Gasteiger partial charge in [-0.05, 0) is 73.9 Å². The maximum atomic E-state index is 13.0. The first-order valence-corrected chi connectivity index (χ1v) is 10.4. The average molecular weight is 409 g/mol. The zero-order valence-corrected chi connectivity index (χ0v) is 16.8. The summed E-state index contributed by atoms with van der Waals surface area (Å²) in [4.78, 5) is 40.1. The van der Waals surface area contributed by atoms with Crippen LogP contribution in [0, 0.1) is 30.6 Å². The van der Waals surface area contributed by atoms with E-state index >= 15 is 0 Å². The van der Waals surface area contributed by atoms with E-state index in [4.69, 9.17) is 11.6 Å². The van der Waals surface area contributed by atoms with Gasteiger partial charge in [0.15, 0.2) is 0 Å². The third kappa shape index (κ3) is 2.87. The Bertz CT molecular complexity index is 1020. The Labute approximate surface area is 174 Å². The van der Waals surface area contributed by atoms with Crippen molar-refractivity contribution in [3.63, 3.8) is 0 Å². The predicted octanol–water partition coefficient (Wildman–Crippen LogP) is 4.44. The summed E-state index contributed by atoms with van der Waals surface area (Å²) >= 11 is 6.03. The lowest BCUT2D eigenvalue weighted by atomic mass is 9.81. The number of nitrogens with zero attached hydrogens (tertiary/aromatic N) is 1. The number of benzene rings is 2. The number of aryl methyl sites for hydroxylation is 1. The van der Waals surface area contributed by atoms with Crippen LogP contribution in [0.5, 0.6) is 0 Å². The third-order valence-electron chi connectivity index (χ3n) is 6.74. The molecule has 148 valence electrons. The van der Waals surface area contributed by atoms with Gasteiger partial charge in [0, 0.05) is 16.3 Å². The Morgan fingerprint density at radius 3 is 2.41 bits per heavy atom. The van der Waals surface area contributed by atoms with E-state index < -0.39 is 0 Å². The molecule has 1 N–H and O–H groups in total. The molecule has 6 heteroatoms. The number of hydrogen-bond acceptors (Lipinski definition) is 3. The molecule has 3 fully saturated rings. The lowest BCUT2D eigenvalue weighted by molar-refractivity contribution is -0.123. The Morgan fingerprint density at radius 1 is 1.03 bits per heavy atom. The van der Waals surface area contributed by atoms with Gasteiger partial charge < -0.3 is 5.32 Å². The highest BCUT2D eigenvalue weighted by Crippen LogP contribution is 2.56. The summed E-state index contributed by atoms with van der Waals surface area (Å²) in [7, 11) is 0. The van der Waals surface area contributed by atoms with Crippen molar-refractivity contribution in [3.05, 3.63) is 58.6 Å². The maximum Gasteiger partial charge on any atom is 0.255 e. The zero-order valence-electron chi connectivity index (χ0n) is 16.0. The molecule has 2 aromatic rings. The first-order valence-electron chi connectivity index (χ1n) is 9.99. The minimum absolute atomic E-state index is 0.101. The van der Waals surface area contributed by atoms with Gasteiger partial charge in [-0.3, -0.25) is 19.3 Å². The average Bonchev–Trinajstić information content (AvgIpc) is 3.38. The molecule has 1 heterocycles. The Morgan fingerprint density at radius 2 is 1.72 bits per heavy atom. The summed E-state index contributed by atoms with van der Waals surface area (Å²) in [6, 6.07) is 12.0. The lowest BCUT2D eigenvalue weighted by Gasteiger charge is -2.19. The van der Waals surface area contributed by atoms with Crippen LogP contribution in [0.25, 0.3) is 0 Å². The van der Waals surface area contributed by atoms with Crippen LogP contribution in [0.3, 0.4) is 0 Å². The molecule has 2 aliphatic carbocycles. The fraction of sp³-hybridized carbons (Fsp3) is 0.348. The van der Waals surface area contributed by atoms with Gasteiger partial charge >= 0.3 is 0 Å². The van der Waals surface area contributed by atoms with Gasteiger partial charge in [-0.15, -0.1) is 0 Å². The van der Waals surface area contributed by atoms with Gasteiger partial charge in [0.2, 0.25) is 11.8 Å². The van der Waals surface area contributed by atoms with Crippen LogP contribution in [-0.4, -0.2) is 17.7 Å². The number of fused-ring (bicyclic) bond motifs is 5. The van der Waals surface area contributed by atoms with Crippen molar-refractivity contribution in [2.24, 2.45) is 23.7 Å². The van der Waals surface area contributed by atoms with Gasteiger partial charge in [-0.25, -0.2) is 0 Å². The van der Waals surface area contributed by atoms with Gasteiger partial charge in [-0.1, -0.05) is 23.7 Å². The molecule has 0 aromatic heterocycles. The molecule has 3 aliphatic rings. The number of anilines is 2. The molecule has 1 aliphatic heterocycles. The SMILES string of the molecule is Cc1ccc(Cl)cc1NC(=O)c1cccc(N2C(=O)[C@@H]3[C@@H]4CC[C@H](C4)[C@@H]3C2=O)c1. The fourth-order valence-electron chi connectivity index (χ4n) is 5.37. The fourth-order valence-corrected chi connectivity index (χ4v) is 5.54. The van der Waals surface area contributed by atoms with Crippen molar-refractivity contribution in [2.45, 2.75) is 26.2 Å². The van der Waals surface area contributed by atoms with Gasteiger partial charge in [0.05, 0.1) is 17.5 Å². The minimum Gasteiger partial charge on any atom is -0.322 e. The molecule has 5 rings (SSSR count). The number of nitrogens with one attached hydrogen (secondary N) is 1. The van der Waals surface area contributed by atoms with E-state index in [2.05, 4.69) is 5.32 Å². The molecule has 5 nitrogen and oxygen atoms in total. The van der Waals surface area contributed by atoms with Crippen molar-refractivity contribution in [1.29, 1.82) is 0 Å². The van der Waals surface area contributed by atoms with Crippen molar-refractivity contribution in [1.82, 2.24) is 0 Å². The van der Waals surface area contributed by atoms with Crippen molar-refractivity contribution >= 4 is 40.7 Å². The molecule has 0 radical (unpaired) electrons. The van der Waals surface area contributed by atoms with Crippen LogP contribution < -0.4 is 10.2 Å². The largest absolute Gasteiger partial charge is 0.322 e. The topological polar surface area (TPSA) is 66.5 Å². The number of hydrogen-bond donors (Lipinski definition) is 1. The highest BCUT2D eigenvalue weighted by molar-refractivity contribution is 6.31. The summed E-state index contributed by atoms with van der Waals surface area (Å²) in [6.45, 7) is 1.89. The molecule has 3 amide bonds. The van der Waals surface area contributed by atoms with Crippen molar-refractivity contribution in [2.75, 3.05) is 10.2 Å². The highest BCUT2D eigenvalue weighted by Gasteiger charge is 2.61. The normalized spacial score (nSPS) is 27.4. The zero-order chi connectivity index (χ0) is 20.3. The number of amides is 3. The standard InChI is InChI=1S/C23H21ClN2O3/c1-12-5-8-16(24)11-18(12)25-21(27)15-3-2-4-17(10-15)26-22(28)19-13-6-7-14(9-13)20(19)23(26)29/h2-5,8,10-11,13-14,19-20H,6-7,9H2,1H3,(H,25,27)/t13-,14-,19-,20+/m1/s1. The third-order valence-corrected chi connectivity index (χ3v) is 6.98. The van der Waals surface area contributed by atoms with Gasteiger partial charge in [0.25, 0.3) is 5.91 Å². The Balaban J connectivity index is 1.42. The van der Waals surface area contributed by atoms with E-state index in [1.807, 2.05) is 13.0 Å². The van der Waals surface area contributed by atoms with Crippen LogP contribution in [0.2, 0.25) is 5.02 Å². The summed E-state index contributed by atoms with van der Waals surface area (Å²) in [6.07, 6.45) is 3.09. The van der Waals surface area contributed by atoms with Crippen LogP contribution in [0.1, 0.15) is 35.2 Å². The Hall–Kier alpha value is -2.66. The summed E-state index contributed by atoms with van der Waals surface area (Å²) < 4.78 is 0. The molecular formula is C23H21ClN2O3. The van der Waals surface area contributed by atoms with Crippen molar-refractivity contribution < 1.29 is 14.4 Å². The second kappa shape index (κ2) is 6.70. The van der Waals surface area contributed by atoms with Gasteiger partial charge in [-0.2, -0.15) is 0 Å². The second-order valence-corrected chi connectivity index (χ2v) is 8.80. The summed E-state index contributed by atoms with van der Waals surface area (Å²) in [5, 5.41) is 3.40. The Kier molecular flexibility index (Phi) is 4.24. The van der Waals surface area contributed by atoms with Crippen LogP contribution in [0.4, 0.5) is 11.4 Å². The maximum absolute atomic E-state index is 13.0. The lowest BCUT2D eigenvalue weighted by Crippen LogP contribution is -2.33. The number of rotatable bonds is 3. The first kappa shape index (κ1) is 18.4. The smallest absolute Gasteiger partial charge is 0.255 e. The molecule has 2 bridgehead atoms. The molecule has 4 atom stereocenters. The van der Waals surface area contributed by atoms with E-state index in [0.29, 0.717) is 33.8 Å². The van der Waals surface area contributed by atoms with Crippen molar-refractivity contribution in [3.8, 4) is 0 Å². The first-order chi connectivity index (χ1) is 13.9. The second-order valence-electron chi connectivity index (χ2n) is 8.36. The van der Waals surface area contributed by atoms with E-state index in [1.165, 1.54) is 4.90 Å². The van der Waals surface area contributed by atoms with E-state index in [1.54, 1.807) is 36.4 Å². The highest BCUT2D eigenvalue weighted by atomic mass is 35.5.